The smallest absolute Gasteiger partial charge is 0.335 e. The normalized spacial score (nSPS) is 44.9. The Morgan fingerprint density at radius 2 is 1.88 bits per heavy atom. The Labute approximate surface area is 256 Å². The predicted molar refractivity (Wildman–Crippen MR) is 158 cm³/mol. The molecule has 4 fully saturated rings. The van der Waals surface area contributed by atoms with Crippen LogP contribution in [0.5, 0.6) is 0 Å². The highest BCUT2D eigenvalue weighted by molar-refractivity contribution is 5.75. The highest BCUT2D eigenvalue weighted by Gasteiger charge is 2.77. The fourth-order valence-electron chi connectivity index (χ4n) is 10.2. The van der Waals surface area contributed by atoms with Crippen LogP contribution in [0.3, 0.4) is 0 Å². The number of ether oxygens (including phenoxy) is 5. The first-order chi connectivity index (χ1) is 19.9. The highest BCUT2D eigenvalue weighted by atomic mass is 16.7. The van der Waals surface area contributed by atoms with Crippen LogP contribution in [0.25, 0.3) is 0 Å². The lowest BCUT2D eigenvalue weighted by Crippen LogP contribution is -2.78. The zero-order valence-electron chi connectivity index (χ0n) is 27.3. The standard InChI is InChI=1S/C34H52O9/c1-11-26-41-24-14-25-34(16-39-25,43-21(7)35)28-20(6)33(31(8,9)38)15-22(40-30(37)27(36)18(4)12-17(2)3)13-23(33)19(5)29(42-26)32(24,28)10/h11,13,17-20,22,24-29,36,38H,1,12,14-16H2,2-10H3/t18-,19-,20-,22+,24-,25+,26?,27?,28-,29-,32+,33+,34-/m0/s1. The molecule has 2 aliphatic heterocycles. The van der Waals surface area contributed by atoms with Crippen LogP contribution in [0.15, 0.2) is 24.3 Å². The van der Waals surface area contributed by atoms with Gasteiger partial charge >= 0.3 is 11.9 Å². The van der Waals surface area contributed by atoms with E-state index in [4.69, 9.17) is 23.7 Å². The van der Waals surface area contributed by atoms with E-state index < -0.39 is 46.5 Å². The molecule has 0 amide bonds. The first kappa shape index (κ1) is 32.6. The number of rotatable bonds is 8. The Morgan fingerprint density at radius 3 is 2.42 bits per heavy atom. The van der Waals surface area contributed by atoms with Gasteiger partial charge < -0.3 is 33.9 Å². The number of hydrogen-bond acceptors (Lipinski definition) is 9. The summed E-state index contributed by atoms with van der Waals surface area (Å²) in [5.74, 6) is -1.76. The molecular formula is C34H52O9. The first-order valence-electron chi connectivity index (χ1n) is 16.0. The van der Waals surface area contributed by atoms with Gasteiger partial charge in [-0.2, -0.15) is 0 Å². The Balaban J connectivity index is 1.62. The van der Waals surface area contributed by atoms with Gasteiger partial charge in [-0.1, -0.05) is 53.7 Å². The van der Waals surface area contributed by atoms with Crippen molar-refractivity contribution in [1.82, 2.24) is 0 Å². The van der Waals surface area contributed by atoms with Gasteiger partial charge in [0.25, 0.3) is 0 Å². The fraction of sp³-hybridized carbons (Fsp3) is 0.824. The largest absolute Gasteiger partial charge is 0.456 e. The van der Waals surface area contributed by atoms with Crippen LogP contribution in [0.1, 0.15) is 81.6 Å². The van der Waals surface area contributed by atoms with Gasteiger partial charge in [-0.25, -0.2) is 4.79 Å². The van der Waals surface area contributed by atoms with Crippen molar-refractivity contribution in [2.75, 3.05) is 6.61 Å². The van der Waals surface area contributed by atoms with E-state index in [-0.39, 0.29) is 54.6 Å². The van der Waals surface area contributed by atoms with Gasteiger partial charge in [-0.05, 0) is 50.2 Å². The van der Waals surface area contributed by atoms with Crippen molar-refractivity contribution in [2.45, 2.75) is 130 Å². The van der Waals surface area contributed by atoms with Crippen LogP contribution in [0, 0.1) is 40.4 Å². The molecule has 0 spiro atoms. The molecule has 13 atom stereocenters. The van der Waals surface area contributed by atoms with Crippen molar-refractivity contribution in [2.24, 2.45) is 40.4 Å². The van der Waals surface area contributed by atoms with E-state index in [1.165, 1.54) is 6.92 Å². The van der Waals surface area contributed by atoms with Crippen LogP contribution in [-0.4, -0.2) is 76.8 Å². The first-order valence-corrected chi connectivity index (χ1v) is 16.0. The molecule has 9 heteroatoms. The third kappa shape index (κ3) is 4.75. The summed E-state index contributed by atoms with van der Waals surface area (Å²) in [6.07, 6.45) is 1.66. The molecule has 0 bridgehead atoms. The second-order valence-electron chi connectivity index (χ2n) is 15.2. The zero-order valence-corrected chi connectivity index (χ0v) is 27.3. The van der Waals surface area contributed by atoms with E-state index in [9.17, 15) is 19.8 Å². The summed E-state index contributed by atoms with van der Waals surface area (Å²) in [5.41, 5.74) is -2.71. The summed E-state index contributed by atoms with van der Waals surface area (Å²) in [6, 6.07) is 0. The van der Waals surface area contributed by atoms with Gasteiger partial charge in [0.2, 0.25) is 0 Å². The minimum atomic E-state index is -1.26. The van der Waals surface area contributed by atoms with Gasteiger partial charge in [0.15, 0.2) is 18.0 Å². The van der Waals surface area contributed by atoms with E-state index >= 15 is 0 Å². The molecule has 2 saturated carbocycles. The summed E-state index contributed by atoms with van der Waals surface area (Å²) >= 11 is 0. The third-order valence-electron chi connectivity index (χ3n) is 11.7. The Kier molecular flexibility index (Phi) is 8.29. The van der Waals surface area contributed by atoms with E-state index in [0.29, 0.717) is 25.2 Å². The van der Waals surface area contributed by atoms with Crippen LogP contribution in [0.4, 0.5) is 0 Å². The maximum atomic E-state index is 13.2. The summed E-state index contributed by atoms with van der Waals surface area (Å²) in [6.45, 7) is 21.6. The minimum absolute atomic E-state index is 0.210. The van der Waals surface area contributed by atoms with E-state index in [2.05, 4.69) is 41.2 Å². The minimum Gasteiger partial charge on any atom is -0.456 e. The Morgan fingerprint density at radius 1 is 1.21 bits per heavy atom. The van der Waals surface area contributed by atoms with Crippen molar-refractivity contribution in [1.29, 1.82) is 0 Å². The molecule has 242 valence electrons. The molecule has 0 aromatic carbocycles. The maximum absolute atomic E-state index is 13.2. The van der Waals surface area contributed by atoms with Crippen LogP contribution >= 0.6 is 0 Å². The molecule has 5 rings (SSSR count). The van der Waals surface area contributed by atoms with Gasteiger partial charge in [0, 0.05) is 42.4 Å². The highest BCUT2D eigenvalue weighted by Crippen LogP contribution is 2.71. The topological polar surface area (TPSA) is 121 Å². The van der Waals surface area contributed by atoms with Crippen LogP contribution in [0.2, 0.25) is 0 Å². The summed E-state index contributed by atoms with van der Waals surface area (Å²) in [7, 11) is 0. The van der Waals surface area contributed by atoms with Gasteiger partial charge in [0.1, 0.15) is 12.2 Å². The predicted octanol–water partition coefficient (Wildman–Crippen LogP) is 4.34. The second kappa shape index (κ2) is 10.9. The summed E-state index contributed by atoms with van der Waals surface area (Å²) < 4.78 is 31.5. The number of aliphatic hydroxyl groups excluding tert-OH is 1. The number of aliphatic hydroxyl groups is 2. The lowest BCUT2D eigenvalue weighted by atomic mass is 9.47. The lowest BCUT2D eigenvalue weighted by Gasteiger charge is -2.68. The average Bonchev–Trinajstić information content (AvgIpc) is 3.27. The van der Waals surface area contributed by atoms with Crippen molar-refractivity contribution in [3.05, 3.63) is 24.3 Å². The molecule has 2 N–H and O–H groups in total. The lowest BCUT2D eigenvalue weighted by molar-refractivity contribution is -0.387. The molecule has 43 heavy (non-hydrogen) atoms. The Hall–Kier alpha value is -1.78. The van der Waals surface area contributed by atoms with Crippen molar-refractivity contribution in [3.8, 4) is 0 Å². The molecule has 0 aromatic heterocycles. The number of carbonyl (C=O) groups excluding carboxylic acids is 2. The number of carbonyl (C=O) groups is 2. The number of fused-ring (bicyclic) bond motifs is 3. The number of esters is 2. The van der Waals surface area contributed by atoms with Crippen LogP contribution < -0.4 is 0 Å². The molecule has 2 saturated heterocycles. The van der Waals surface area contributed by atoms with Crippen molar-refractivity contribution >= 4 is 11.9 Å². The van der Waals surface area contributed by atoms with Gasteiger partial charge in [-0.3, -0.25) is 4.79 Å². The zero-order chi connectivity index (χ0) is 31.9. The molecule has 0 radical (unpaired) electrons. The van der Waals surface area contributed by atoms with Gasteiger partial charge in [0.05, 0.1) is 24.4 Å². The van der Waals surface area contributed by atoms with E-state index in [0.717, 1.165) is 5.57 Å². The summed E-state index contributed by atoms with van der Waals surface area (Å²) in [5, 5.41) is 23.0. The second-order valence-corrected chi connectivity index (χ2v) is 15.2. The van der Waals surface area contributed by atoms with Gasteiger partial charge in [-0.15, -0.1) is 0 Å². The van der Waals surface area contributed by atoms with Crippen LogP contribution in [-0.2, 0) is 33.3 Å². The molecule has 3 aliphatic carbocycles. The average molecular weight is 605 g/mol. The molecule has 2 unspecified atom stereocenters. The molecule has 5 aliphatic rings. The quantitative estimate of drug-likeness (QED) is 0.308. The molecular weight excluding hydrogens is 552 g/mol. The molecule has 0 aromatic rings. The Bertz CT molecular complexity index is 1160. The van der Waals surface area contributed by atoms with Crippen molar-refractivity contribution in [3.63, 3.8) is 0 Å². The SMILES string of the molecule is C=CC1O[C@H]2C[C@H]3OC[C@@]3(OC(C)=O)[C@H]3[C@H](C)[C@]4(C(C)(C)O)C[C@H](OC(=O)C(O)[C@@H](C)CC(C)C)C=C4[C@H](C)[C@H](O1)[C@]23C. The molecule has 9 nitrogen and oxygen atoms in total. The fourth-order valence-corrected chi connectivity index (χ4v) is 10.2. The molecule has 2 heterocycles. The van der Waals surface area contributed by atoms with E-state index in [1.807, 2.05) is 26.8 Å². The summed E-state index contributed by atoms with van der Waals surface area (Å²) in [4.78, 5) is 25.9. The maximum Gasteiger partial charge on any atom is 0.335 e. The monoisotopic (exact) mass is 604 g/mol. The number of hydrogen-bond donors (Lipinski definition) is 2. The van der Waals surface area contributed by atoms with Crippen molar-refractivity contribution < 1.29 is 43.5 Å². The van der Waals surface area contributed by atoms with E-state index in [1.54, 1.807) is 6.08 Å². The third-order valence-corrected chi connectivity index (χ3v) is 11.7.